The fraction of sp³-hybridized carbons (Fsp3) is 0.909. The van der Waals surface area contributed by atoms with Gasteiger partial charge in [0, 0.05) is 6.61 Å². The molecule has 0 aromatic rings. The topological polar surface area (TPSA) is 79.2 Å². The zero-order valence-corrected chi connectivity index (χ0v) is 17.2. The van der Waals surface area contributed by atoms with Crippen LogP contribution < -0.4 is 0 Å². The minimum absolute atomic E-state index is 0.265. The van der Waals surface area contributed by atoms with Crippen molar-refractivity contribution in [3.05, 3.63) is 12.2 Å². The summed E-state index contributed by atoms with van der Waals surface area (Å²) in [6.07, 6.45) is 16.7. The quantitative estimate of drug-likeness (QED) is 0.262. The first-order valence-corrected chi connectivity index (χ1v) is 11.1. The van der Waals surface area contributed by atoms with E-state index in [1.54, 1.807) is 0 Å². The Bertz CT molecular complexity index is 361. The molecule has 0 radical (unpaired) electrons. The van der Waals surface area contributed by atoms with E-state index in [0.717, 1.165) is 19.3 Å². The lowest BCUT2D eigenvalue weighted by Crippen LogP contribution is -2.41. The average molecular weight is 387 g/mol. The van der Waals surface area contributed by atoms with E-state index in [2.05, 4.69) is 19.1 Å². The number of aliphatic hydroxyl groups excluding tert-OH is 3. The molecular formula is C22H42O5. The molecular weight excluding hydrogens is 344 g/mol. The van der Waals surface area contributed by atoms with Gasteiger partial charge in [0.1, 0.15) is 24.4 Å². The summed E-state index contributed by atoms with van der Waals surface area (Å²) in [7, 11) is 0. The Morgan fingerprint density at radius 2 is 1.56 bits per heavy atom. The Balaban J connectivity index is 1.88. The van der Waals surface area contributed by atoms with Crippen molar-refractivity contribution >= 4 is 0 Å². The molecule has 0 saturated carbocycles. The second kappa shape index (κ2) is 16.5. The lowest BCUT2D eigenvalue weighted by Gasteiger charge is -2.20. The number of hydrogen-bond acceptors (Lipinski definition) is 5. The van der Waals surface area contributed by atoms with Crippen LogP contribution in [0.5, 0.6) is 0 Å². The SMILES string of the molecule is CCCCCCCCCC/C=C/CCCCO[C@@H]1CO[C@@H]([C@@H](O)CO)[C@H]1O. The number of ether oxygens (including phenoxy) is 2. The van der Waals surface area contributed by atoms with Gasteiger partial charge in [-0.3, -0.25) is 0 Å². The molecule has 3 N–H and O–H groups in total. The summed E-state index contributed by atoms with van der Waals surface area (Å²) in [5, 5.41) is 28.5. The molecule has 4 atom stereocenters. The largest absolute Gasteiger partial charge is 0.394 e. The maximum atomic E-state index is 10.0. The molecule has 1 aliphatic rings. The van der Waals surface area contributed by atoms with E-state index in [1.165, 1.54) is 57.8 Å². The molecule has 0 spiro atoms. The average Bonchev–Trinajstić information content (AvgIpc) is 3.04. The Kier molecular flexibility index (Phi) is 15.0. The monoisotopic (exact) mass is 386 g/mol. The van der Waals surface area contributed by atoms with Crippen molar-refractivity contribution in [1.82, 2.24) is 0 Å². The third-order valence-electron chi connectivity index (χ3n) is 5.22. The van der Waals surface area contributed by atoms with E-state index < -0.39 is 31.0 Å². The van der Waals surface area contributed by atoms with E-state index >= 15 is 0 Å². The maximum absolute atomic E-state index is 10.0. The fourth-order valence-corrected chi connectivity index (χ4v) is 3.43. The Hall–Kier alpha value is -0.460. The van der Waals surface area contributed by atoms with Crippen LogP contribution in [0.15, 0.2) is 12.2 Å². The van der Waals surface area contributed by atoms with Crippen LogP contribution >= 0.6 is 0 Å². The van der Waals surface area contributed by atoms with Gasteiger partial charge in [0.2, 0.25) is 0 Å². The third kappa shape index (κ3) is 11.2. The predicted molar refractivity (Wildman–Crippen MR) is 109 cm³/mol. The number of rotatable bonds is 17. The van der Waals surface area contributed by atoms with E-state index in [-0.39, 0.29) is 6.61 Å². The summed E-state index contributed by atoms with van der Waals surface area (Å²) in [6, 6.07) is 0. The summed E-state index contributed by atoms with van der Waals surface area (Å²) in [6.45, 7) is 2.69. The van der Waals surface area contributed by atoms with Gasteiger partial charge in [-0.2, -0.15) is 0 Å². The van der Waals surface area contributed by atoms with Crippen molar-refractivity contribution in [2.75, 3.05) is 19.8 Å². The predicted octanol–water partition coefficient (Wildman–Crippen LogP) is 3.74. The van der Waals surface area contributed by atoms with Crippen LogP contribution in [0.2, 0.25) is 0 Å². The summed E-state index contributed by atoms with van der Waals surface area (Å²) in [4.78, 5) is 0. The van der Waals surface area contributed by atoms with Crippen molar-refractivity contribution in [1.29, 1.82) is 0 Å². The van der Waals surface area contributed by atoms with Crippen molar-refractivity contribution in [2.45, 2.75) is 108 Å². The molecule has 1 heterocycles. The van der Waals surface area contributed by atoms with E-state index in [9.17, 15) is 10.2 Å². The molecule has 1 fully saturated rings. The molecule has 0 bridgehead atoms. The molecule has 160 valence electrons. The van der Waals surface area contributed by atoms with Crippen molar-refractivity contribution in [3.63, 3.8) is 0 Å². The number of allylic oxidation sites excluding steroid dienone is 2. The second-order valence-electron chi connectivity index (χ2n) is 7.68. The first kappa shape index (κ1) is 24.6. The van der Waals surface area contributed by atoms with Crippen LogP contribution in [-0.2, 0) is 9.47 Å². The van der Waals surface area contributed by atoms with Crippen molar-refractivity contribution in [3.8, 4) is 0 Å². The summed E-state index contributed by atoms with van der Waals surface area (Å²) < 4.78 is 11.0. The lowest BCUT2D eigenvalue weighted by molar-refractivity contribution is -0.0730. The molecule has 5 heteroatoms. The van der Waals surface area contributed by atoms with E-state index in [0.29, 0.717) is 6.61 Å². The van der Waals surface area contributed by atoms with Gasteiger partial charge in [-0.05, 0) is 32.1 Å². The highest BCUT2D eigenvalue weighted by Crippen LogP contribution is 2.20. The van der Waals surface area contributed by atoms with Gasteiger partial charge < -0.3 is 24.8 Å². The highest BCUT2D eigenvalue weighted by atomic mass is 16.6. The highest BCUT2D eigenvalue weighted by Gasteiger charge is 2.40. The molecule has 5 nitrogen and oxygen atoms in total. The molecule has 0 aromatic heterocycles. The van der Waals surface area contributed by atoms with Crippen LogP contribution in [-0.4, -0.2) is 59.6 Å². The smallest absolute Gasteiger partial charge is 0.114 e. The number of hydrogen-bond donors (Lipinski definition) is 3. The first-order chi connectivity index (χ1) is 13.2. The van der Waals surface area contributed by atoms with Crippen LogP contribution in [0.3, 0.4) is 0 Å². The van der Waals surface area contributed by atoms with Gasteiger partial charge in [0.15, 0.2) is 0 Å². The van der Waals surface area contributed by atoms with Gasteiger partial charge in [0.05, 0.1) is 13.2 Å². The lowest BCUT2D eigenvalue weighted by atomic mass is 10.1. The van der Waals surface area contributed by atoms with E-state index in [1.807, 2.05) is 0 Å². The van der Waals surface area contributed by atoms with Gasteiger partial charge in [-0.15, -0.1) is 0 Å². The van der Waals surface area contributed by atoms with E-state index in [4.69, 9.17) is 14.6 Å². The molecule has 0 unspecified atom stereocenters. The standard InChI is InChI=1S/C22H42O5/c1-2-3-4-5-6-7-8-9-10-11-12-13-14-15-16-26-20-18-27-22(21(20)25)19(24)17-23/h11-12,19-25H,2-10,13-18H2,1H3/b12-11+/t19-,20+,21-,22-/m0/s1. The van der Waals surface area contributed by atoms with Crippen molar-refractivity contribution in [2.24, 2.45) is 0 Å². The van der Waals surface area contributed by atoms with Crippen LogP contribution in [0.25, 0.3) is 0 Å². The minimum atomic E-state index is -1.06. The Morgan fingerprint density at radius 1 is 0.963 bits per heavy atom. The molecule has 0 aliphatic carbocycles. The first-order valence-electron chi connectivity index (χ1n) is 11.1. The Morgan fingerprint density at radius 3 is 2.19 bits per heavy atom. The molecule has 0 amide bonds. The molecule has 1 saturated heterocycles. The van der Waals surface area contributed by atoms with Gasteiger partial charge >= 0.3 is 0 Å². The third-order valence-corrected chi connectivity index (χ3v) is 5.22. The Labute approximate surface area is 165 Å². The van der Waals surface area contributed by atoms with Crippen molar-refractivity contribution < 1.29 is 24.8 Å². The van der Waals surface area contributed by atoms with Crippen LogP contribution in [0.1, 0.15) is 84.0 Å². The zero-order valence-electron chi connectivity index (χ0n) is 17.2. The second-order valence-corrected chi connectivity index (χ2v) is 7.68. The maximum Gasteiger partial charge on any atom is 0.114 e. The van der Waals surface area contributed by atoms with Gasteiger partial charge in [-0.25, -0.2) is 0 Å². The summed E-state index contributed by atoms with van der Waals surface area (Å²) >= 11 is 0. The van der Waals surface area contributed by atoms with Gasteiger partial charge in [-0.1, -0.05) is 64.0 Å². The number of unbranched alkanes of at least 4 members (excludes halogenated alkanes) is 10. The van der Waals surface area contributed by atoms with Crippen LogP contribution in [0, 0.1) is 0 Å². The molecule has 0 aromatic carbocycles. The summed E-state index contributed by atoms with van der Waals surface area (Å²) in [5.41, 5.74) is 0. The normalized spacial score (nSPS) is 24.1. The summed E-state index contributed by atoms with van der Waals surface area (Å²) in [5.74, 6) is 0. The van der Waals surface area contributed by atoms with Crippen LogP contribution in [0.4, 0.5) is 0 Å². The minimum Gasteiger partial charge on any atom is -0.394 e. The molecule has 1 rings (SSSR count). The fourth-order valence-electron chi connectivity index (χ4n) is 3.43. The molecule has 1 aliphatic heterocycles. The molecule has 27 heavy (non-hydrogen) atoms. The zero-order chi connectivity index (χ0) is 19.7. The highest BCUT2D eigenvalue weighted by molar-refractivity contribution is 4.88. The van der Waals surface area contributed by atoms with Gasteiger partial charge in [0.25, 0.3) is 0 Å². The number of aliphatic hydroxyl groups is 3.